The summed E-state index contributed by atoms with van der Waals surface area (Å²) >= 11 is 0. The molecular weight excluding hydrogens is 408 g/mol. The van der Waals surface area contributed by atoms with Crippen LogP contribution in [0.25, 0.3) is 0 Å². The zero-order valence-electron chi connectivity index (χ0n) is 18.8. The van der Waals surface area contributed by atoms with Crippen LogP contribution in [0.5, 0.6) is 0 Å². The molecule has 0 radical (unpaired) electrons. The summed E-state index contributed by atoms with van der Waals surface area (Å²) in [6.45, 7) is 4.65. The fourth-order valence-corrected chi connectivity index (χ4v) is 4.27. The van der Waals surface area contributed by atoms with Gasteiger partial charge < -0.3 is 10.2 Å². The van der Waals surface area contributed by atoms with Crippen LogP contribution in [0.1, 0.15) is 22.7 Å². The minimum absolute atomic E-state index is 0.118. The Bertz CT molecular complexity index is 1100. The van der Waals surface area contributed by atoms with Crippen molar-refractivity contribution in [2.24, 2.45) is 0 Å². The molecule has 0 atom stereocenters. The first-order chi connectivity index (χ1) is 16.2. The molecular formula is C28H28N4O. The van der Waals surface area contributed by atoms with Crippen molar-refractivity contribution in [2.75, 3.05) is 31.5 Å². The Morgan fingerprint density at radius 3 is 2.06 bits per heavy atom. The molecule has 0 unspecified atom stereocenters. The highest BCUT2D eigenvalue weighted by molar-refractivity contribution is 5.97. The number of aryl methyl sites for hydroxylation is 1. The Morgan fingerprint density at radius 2 is 1.52 bits per heavy atom. The quantitative estimate of drug-likeness (QED) is 0.448. The molecule has 4 rings (SSSR count). The molecule has 1 aliphatic rings. The van der Waals surface area contributed by atoms with E-state index in [1.807, 2.05) is 43.3 Å². The Balaban J connectivity index is 1.45. The first-order valence-electron chi connectivity index (χ1n) is 11.2. The first kappa shape index (κ1) is 22.3. The molecule has 33 heavy (non-hydrogen) atoms. The summed E-state index contributed by atoms with van der Waals surface area (Å²) < 4.78 is 0. The number of carbonyl (C=O) groups excluding carboxylic acids is 1. The van der Waals surface area contributed by atoms with Crippen molar-refractivity contribution < 1.29 is 4.79 Å². The smallest absolute Gasteiger partial charge is 0.266 e. The van der Waals surface area contributed by atoms with Crippen molar-refractivity contribution in [3.63, 3.8) is 0 Å². The normalized spacial score (nSPS) is 14.7. The van der Waals surface area contributed by atoms with E-state index in [1.54, 1.807) is 4.90 Å². The fraction of sp³-hybridized carbons (Fsp3) is 0.214. The zero-order valence-corrected chi connectivity index (χ0v) is 18.8. The summed E-state index contributed by atoms with van der Waals surface area (Å²) in [5.74, 6) is -0.228. The van der Waals surface area contributed by atoms with Crippen LogP contribution in [-0.2, 0) is 4.79 Å². The third kappa shape index (κ3) is 5.49. The third-order valence-electron chi connectivity index (χ3n) is 5.95. The molecule has 1 saturated heterocycles. The van der Waals surface area contributed by atoms with E-state index < -0.39 is 0 Å². The number of carbonyl (C=O) groups is 1. The molecule has 0 bridgehead atoms. The molecule has 1 fully saturated rings. The van der Waals surface area contributed by atoms with Gasteiger partial charge in [0.2, 0.25) is 0 Å². The maximum Gasteiger partial charge on any atom is 0.266 e. The van der Waals surface area contributed by atoms with Crippen LogP contribution < -0.4 is 5.32 Å². The van der Waals surface area contributed by atoms with Gasteiger partial charge >= 0.3 is 0 Å². The lowest BCUT2D eigenvalue weighted by Gasteiger charge is -2.39. The predicted octanol–water partition coefficient (Wildman–Crippen LogP) is 4.75. The summed E-state index contributed by atoms with van der Waals surface area (Å²) in [5, 5.41) is 12.7. The monoisotopic (exact) mass is 436 g/mol. The van der Waals surface area contributed by atoms with Gasteiger partial charge in [-0.3, -0.25) is 9.69 Å². The van der Waals surface area contributed by atoms with Gasteiger partial charge in [0.1, 0.15) is 11.6 Å². The van der Waals surface area contributed by atoms with Gasteiger partial charge in [-0.2, -0.15) is 5.26 Å². The minimum Gasteiger partial charge on any atom is -0.360 e. The maximum absolute atomic E-state index is 13.0. The lowest BCUT2D eigenvalue weighted by molar-refractivity contribution is -0.128. The Hall–Kier alpha value is -3.88. The van der Waals surface area contributed by atoms with E-state index in [0.717, 1.165) is 24.3 Å². The van der Waals surface area contributed by atoms with Crippen LogP contribution in [0, 0.1) is 18.3 Å². The second-order valence-electron chi connectivity index (χ2n) is 8.24. The van der Waals surface area contributed by atoms with E-state index >= 15 is 0 Å². The summed E-state index contributed by atoms with van der Waals surface area (Å²) in [5.41, 5.74) is 4.56. The highest BCUT2D eigenvalue weighted by atomic mass is 16.2. The van der Waals surface area contributed by atoms with Crippen molar-refractivity contribution in [3.05, 3.63) is 113 Å². The summed E-state index contributed by atoms with van der Waals surface area (Å²) in [4.78, 5) is 17.2. The Morgan fingerprint density at radius 1 is 0.909 bits per heavy atom. The van der Waals surface area contributed by atoms with E-state index in [9.17, 15) is 10.1 Å². The third-order valence-corrected chi connectivity index (χ3v) is 5.95. The maximum atomic E-state index is 13.0. The average molecular weight is 437 g/mol. The predicted molar refractivity (Wildman–Crippen MR) is 131 cm³/mol. The van der Waals surface area contributed by atoms with E-state index in [0.29, 0.717) is 13.1 Å². The van der Waals surface area contributed by atoms with Gasteiger partial charge in [0.05, 0.1) is 6.04 Å². The second-order valence-corrected chi connectivity index (χ2v) is 8.24. The van der Waals surface area contributed by atoms with Crippen LogP contribution in [-0.4, -0.2) is 41.9 Å². The van der Waals surface area contributed by atoms with E-state index in [4.69, 9.17) is 0 Å². The largest absolute Gasteiger partial charge is 0.360 e. The second kappa shape index (κ2) is 10.6. The molecule has 3 aromatic rings. The standard InChI is InChI=1S/C28H28N4O/c1-22-9-8-14-26(19-22)30-21-25(20-29)28(33)32-17-15-31(16-18-32)27(23-10-4-2-5-11-23)24-12-6-3-7-13-24/h2-14,19,21,27,30H,15-18H2,1H3/b25-21-. The summed E-state index contributed by atoms with van der Waals surface area (Å²) in [7, 11) is 0. The molecule has 1 N–H and O–H groups in total. The summed E-state index contributed by atoms with van der Waals surface area (Å²) in [6, 6.07) is 31.0. The van der Waals surface area contributed by atoms with Gasteiger partial charge in [0, 0.05) is 38.1 Å². The molecule has 1 amide bonds. The van der Waals surface area contributed by atoms with Crippen LogP contribution in [0.15, 0.2) is 96.7 Å². The van der Waals surface area contributed by atoms with Gasteiger partial charge in [0.15, 0.2) is 0 Å². The van der Waals surface area contributed by atoms with Gasteiger partial charge in [-0.05, 0) is 35.7 Å². The number of nitriles is 1. The number of nitrogens with zero attached hydrogens (tertiary/aromatic N) is 3. The molecule has 3 aromatic carbocycles. The van der Waals surface area contributed by atoms with Crippen molar-refractivity contribution in [1.29, 1.82) is 5.26 Å². The van der Waals surface area contributed by atoms with E-state index in [2.05, 4.69) is 64.8 Å². The number of anilines is 1. The van der Waals surface area contributed by atoms with Gasteiger partial charge in [-0.25, -0.2) is 0 Å². The van der Waals surface area contributed by atoms with Gasteiger partial charge in [-0.15, -0.1) is 0 Å². The molecule has 0 aromatic heterocycles. The number of rotatable bonds is 6. The van der Waals surface area contributed by atoms with Gasteiger partial charge in [-0.1, -0.05) is 72.8 Å². The Labute approximate surface area is 195 Å². The molecule has 1 aliphatic heterocycles. The summed E-state index contributed by atoms with van der Waals surface area (Å²) in [6.07, 6.45) is 1.51. The van der Waals surface area contributed by atoms with Crippen LogP contribution >= 0.6 is 0 Å². The van der Waals surface area contributed by atoms with Gasteiger partial charge in [0.25, 0.3) is 5.91 Å². The molecule has 5 nitrogen and oxygen atoms in total. The van der Waals surface area contributed by atoms with Crippen LogP contribution in [0.4, 0.5) is 5.69 Å². The molecule has 0 spiro atoms. The number of amides is 1. The number of piperazine rings is 1. The minimum atomic E-state index is -0.228. The highest BCUT2D eigenvalue weighted by Gasteiger charge is 2.29. The molecule has 0 saturated carbocycles. The number of benzene rings is 3. The fourth-order valence-electron chi connectivity index (χ4n) is 4.27. The topological polar surface area (TPSA) is 59.4 Å². The van der Waals surface area contributed by atoms with E-state index in [1.165, 1.54) is 17.3 Å². The van der Waals surface area contributed by atoms with Crippen LogP contribution in [0.3, 0.4) is 0 Å². The molecule has 0 aliphatic carbocycles. The number of hydrogen-bond acceptors (Lipinski definition) is 4. The molecule has 1 heterocycles. The number of hydrogen-bond donors (Lipinski definition) is 1. The lowest BCUT2D eigenvalue weighted by Crippen LogP contribution is -2.50. The van der Waals surface area contributed by atoms with Crippen molar-refractivity contribution in [2.45, 2.75) is 13.0 Å². The lowest BCUT2D eigenvalue weighted by atomic mass is 9.96. The average Bonchev–Trinajstić information content (AvgIpc) is 2.86. The van der Waals surface area contributed by atoms with E-state index in [-0.39, 0.29) is 17.5 Å². The first-order valence-corrected chi connectivity index (χ1v) is 11.2. The highest BCUT2D eigenvalue weighted by Crippen LogP contribution is 2.29. The molecule has 166 valence electrons. The molecule has 5 heteroatoms. The Kier molecular flexibility index (Phi) is 7.19. The number of nitrogens with one attached hydrogen (secondary N) is 1. The SMILES string of the molecule is Cc1cccc(N/C=C(/C#N)C(=O)N2CCN(C(c3ccccc3)c3ccccc3)CC2)c1. The zero-order chi connectivity index (χ0) is 23.0. The van der Waals surface area contributed by atoms with Crippen LogP contribution in [0.2, 0.25) is 0 Å². The van der Waals surface area contributed by atoms with Crippen molar-refractivity contribution >= 4 is 11.6 Å². The van der Waals surface area contributed by atoms with Crippen molar-refractivity contribution in [1.82, 2.24) is 9.80 Å². The van der Waals surface area contributed by atoms with Crippen molar-refractivity contribution in [3.8, 4) is 6.07 Å².